The van der Waals surface area contributed by atoms with Crippen LogP contribution in [0.3, 0.4) is 0 Å². The molecule has 1 aromatic carbocycles. The summed E-state index contributed by atoms with van der Waals surface area (Å²) in [5.74, 6) is -1.69. The molecule has 2 aromatic rings. The lowest BCUT2D eigenvalue weighted by molar-refractivity contribution is -0.143. The smallest absolute Gasteiger partial charge is 0.306 e. The number of carbonyl (C=O) groups is 1. The molecular weight excluding hydrogens is 374 g/mol. The summed E-state index contributed by atoms with van der Waals surface area (Å²) < 4.78 is 28.6. The number of aromatic nitrogens is 2. The van der Waals surface area contributed by atoms with Gasteiger partial charge in [-0.2, -0.15) is 10.2 Å². The fourth-order valence-electron chi connectivity index (χ4n) is 5.70. The van der Waals surface area contributed by atoms with E-state index in [1.165, 1.54) is 18.2 Å². The Labute approximate surface area is 169 Å². The van der Waals surface area contributed by atoms with Crippen molar-refractivity contribution in [3.05, 3.63) is 47.2 Å². The molecule has 1 saturated carbocycles. The van der Waals surface area contributed by atoms with Crippen LogP contribution >= 0.6 is 0 Å². The molecule has 29 heavy (non-hydrogen) atoms. The molecule has 0 saturated heterocycles. The number of benzene rings is 1. The second-order valence-corrected chi connectivity index (χ2v) is 8.73. The van der Waals surface area contributed by atoms with Crippen LogP contribution in [0.15, 0.2) is 24.3 Å². The summed E-state index contributed by atoms with van der Waals surface area (Å²) >= 11 is 0. The highest BCUT2D eigenvalue weighted by Gasteiger charge is 2.55. The molecule has 4 nitrogen and oxygen atoms in total. The van der Waals surface area contributed by atoms with E-state index in [-0.39, 0.29) is 28.5 Å². The summed E-state index contributed by atoms with van der Waals surface area (Å²) in [7, 11) is 0. The molecule has 2 unspecified atom stereocenters. The van der Waals surface area contributed by atoms with Crippen LogP contribution in [0, 0.1) is 29.4 Å². The molecule has 1 aromatic heterocycles. The summed E-state index contributed by atoms with van der Waals surface area (Å²) in [5, 5.41) is 18.4. The molecule has 1 fully saturated rings. The van der Waals surface area contributed by atoms with Crippen LogP contribution in [0.2, 0.25) is 0 Å². The SMILES string of the molecule is CC[C@H](C[C@@]12CC[C@@H](c3cc(-c4c(F)cccc4F)nnc31)C(C)C2C)C(=O)O. The molecule has 2 bridgehead atoms. The number of rotatable bonds is 5. The van der Waals surface area contributed by atoms with E-state index >= 15 is 0 Å². The van der Waals surface area contributed by atoms with Gasteiger partial charge in [-0.25, -0.2) is 8.78 Å². The minimum atomic E-state index is -0.783. The van der Waals surface area contributed by atoms with Gasteiger partial charge in [0.1, 0.15) is 11.6 Å². The molecule has 0 amide bonds. The number of nitrogens with zero attached hydrogens (tertiary/aromatic N) is 2. The first-order valence-corrected chi connectivity index (χ1v) is 10.4. The number of hydrogen-bond donors (Lipinski definition) is 1. The van der Waals surface area contributed by atoms with Gasteiger partial charge in [-0.15, -0.1) is 0 Å². The molecule has 5 atom stereocenters. The van der Waals surface area contributed by atoms with Gasteiger partial charge >= 0.3 is 5.97 Å². The molecule has 1 N–H and O–H groups in total. The van der Waals surface area contributed by atoms with Crippen LogP contribution < -0.4 is 0 Å². The van der Waals surface area contributed by atoms with Gasteiger partial charge in [0.25, 0.3) is 0 Å². The fourth-order valence-corrected chi connectivity index (χ4v) is 5.70. The molecule has 3 aliphatic carbocycles. The third kappa shape index (κ3) is 2.95. The van der Waals surface area contributed by atoms with Gasteiger partial charge in [-0.1, -0.05) is 26.8 Å². The average molecular weight is 400 g/mol. The van der Waals surface area contributed by atoms with Crippen molar-refractivity contribution in [3.8, 4) is 11.3 Å². The van der Waals surface area contributed by atoms with E-state index in [1.54, 1.807) is 6.07 Å². The van der Waals surface area contributed by atoms with Gasteiger partial charge in [0.2, 0.25) is 0 Å². The summed E-state index contributed by atoms with van der Waals surface area (Å²) in [6.07, 6.45) is 2.89. The molecular formula is C23H26F2N2O2. The normalized spacial score (nSPS) is 28.8. The molecule has 154 valence electrons. The second-order valence-electron chi connectivity index (χ2n) is 8.73. The number of hydrogen-bond acceptors (Lipinski definition) is 3. The number of carboxylic acids is 1. The standard InChI is InChI=1S/C23H26F2N2O2/c1-4-14(22(28)29)11-23-9-8-15(12(2)13(23)3)16-10-19(26-27-21(16)23)20-17(24)6-5-7-18(20)25/h5-7,10,12-15H,4,8-9,11H2,1-3H3,(H,28,29)/t12?,13?,14-,15-,23-/m1/s1. The molecule has 5 rings (SSSR count). The third-order valence-corrected chi connectivity index (χ3v) is 7.56. The van der Waals surface area contributed by atoms with E-state index in [0.717, 1.165) is 24.1 Å². The number of fused-ring (bicyclic) bond motifs is 2. The first kappa shape index (κ1) is 19.9. The largest absolute Gasteiger partial charge is 0.481 e. The maximum Gasteiger partial charge on any atom is 0.306 e. The Morgan fingerprint density at radius 2 is 1.97 bits per heavy atom. The van der Waals surface area contributed by atoms with Crippen LogP contribution in [0.5, 0.6) is 0 Å². The van der Waals surface area contributed by atoms with E-state index in [1.807, 2.05) is 6.92 Å². The zero-order valence-corrected chi connectivity index (χ0v) is 17.0. The molecule has 0 radical (unpaired) electrons. The number of halogens is 2. The van der Waals surface area contributed by atoms with E-state index < -0.39 is 23.5 Å². The van der Waals surface area contributed by atoms with Crippen molar-refractivity contribution in [1.82, 2.24) is 10.2 Å². The van der Waals surface area contributed by atoms with Gasteiger partial charge in [-0.3, -0.25) is 4.79 Å². The molecule has 1 heterocycles. The van der Waals surface area contributed by atoms with Crippen molar-refractivity contribution in [3.63, 3.8) is 0 Å². The highest BCUT2D eigenvalue weighted by molar-refractivity contribution is 5.70. The summed E-state index contributed by atoms with van der Waals surface area (Å²) in [6, 6.07) is 5.55. The Hall–Kier alpha value is -2.37. The summed E-state index contributed by atoms with van der Waals surface area (Å²) in [5.41, 5.74) is 1.50. The zero-order valence-electron chi connectivity index (χ0n) is 17.0. The van der Waals surface area contributed by atoms with Crippen molar-refractivity contribution in [1.29, 1.82) is 0 Å². The highest BCUT2D eigenvalue weighted by Crippen LogP contribution is 2.60. The Morgan fingerprint density at radius 1 is 1.28 bits per heavy atom. The summed E-state index contributed by atoms with van der Waals surface area (Å²) in [4.78, 5) is 11.8. The van der Waals surface area contributed by atoms with Crippen LogP contribution in [-0.2, 0) is 10.2 Å². The Balaban J connectivity index is 1.86. The minimum Gasteiger partial charge on any atom is -0.481 e. The third-order valence-electron chi connectivity index (χ3n) is 7.56. The minimum absolute atomic E-state index is 0.157. The number of carboxylic acid groups (broad SMARTS) is 1. The second kappa shape index (κ2) is 7.15. The number of aliphatic carboxylic acids is 1. The lowest BCUT2D eigenvalue weighted by atomic mass is 9.49. The van der Waals surface area contributed by atoms with E-state index in [9.17, 15) is 18.7 Å². The monoisotopic (exact) mass is 400 g/mol. The predicted molar refractivity (Wildman–Crippen MR) is 105 cm³/mol. The Bertz CT molecular complexity index is 944. The average Bonchev–Trinajstić information content (AvgIpc) is 2.69. The van der Waals surface area contributed by atoms with Gasteiger partial charge in [0, 0.05) is 5.41 Å². The van der Waals surface area contributed by atoms with Gasteiger partial charge in [-0.05, 0) is 67.2 Å². The maximum atomic E-state index is 14.3. The molecule has 0 spiro atoms. The van der Waals surface area contributed by atoms with E-state index in [2.05, 4.69) is 24.0 Å². The van der Waals surface area contributed by atoms with Crippen molar-refractivity contribution < 1.29 is 18.7 Å². The first-order valence-electron chi connectivity index (χ1n) is 10.4. The van der Waals surface area contributed by atoms with Crippen LogP contribution in [-0.4, -0.2) is 21.3 Å². The quantitative estimate of drug-likeness (QED) is 0.737. The highest BCUT2D eigenvalue weighted by atomic mass is 19.1. The van der Waals surface area contributed by atoms with Crippen molar-refractivity contribution in [2.24, 2.45) is 17.8 Å². The predicted octanol–water partition coefficient (Wildman–Crippen LogP) is 5.32. The molecule has 6 heteroatoms. The molecule has 0 aliphatic heterocycles. The Kier molecular flexibility index (Phi) is 4.91. The van der Waals surface area contributed by atoms with E-state index in [4.69, 9.17) is 0 Å². The van der Waals surface area contributed by atoms with Gasteiger partial charge in [0.15, 0.2) is 0 Å². The first-order chi connectivity index (χ1) is 13.8. The van der Waals surface area contributed by atoms with Crippen molar-refractivity contribution in [2.45, 2.75) is 57.8 Å². The van der Waals surface area contributed by atoms with Gasteiger partial charge in [0.05, 0.1) is 22.9 Å². The van der Waals surface area contributed by atoms with Crippen molar-refractivity contribution >= 4 is 5.97 Å². The fraction of sp³-hybridized carbons (Fsp3) is 0.522. The maximum absolute atomic E-state index is 14.3. The Morgan fingerprint density at radius 3 is 2.59 bits per heavy atom. The van der Waals surface area contributed by atoms with Crippen LogP contribution in [0.25, 0.3) is 11.3 Å². The molecule has 3 aliphatic rings. The van der Waals surface area contributed by atoms with Gasteiger partial charge < -0.3 is 5.11 Å². The van der Waals surface area contributed by atoms with Crippen LogP contribution in [0.1, 0.15) is 63.6 Å². The van der Waals surface area contributed by atoms with Crippen molar-refractivity contribution in [2.75, 3.05) is 0 Å². The topological polar surface area (TPSA) is 63.1 Å². The zero-order chi connectivity index (χ0) is 20.9. The lowest BCUT2D eigenvalue weighted by Gasteiger charge is -2.55. The van der Waals surface area contributed by atoms with Crippen LogP contribution in [0.4, 0.5) is 8.78 Å². The lowest BCUT2D eigenvalue weighted by Crippen LogP contribution is -2.51. The summed E-state index contributed by atoms with van der Waals surface area (Å²) in [6.45, 7) is 6.27. The van der Waals surface area contributed by atoms with E-state index in [0.29, 0.717) is 18.8 Å².